The van der Waals surface area contributed by atoms with E-state index in [4.69, 9.17) is 9.47 Å². The molecule has 3 aliphatic rings. The summed E-state index contributed by atoms with van der Waals surface area (Å²) in [4.78, 5) is 15.5. The third-order valence-corrected chi connectivity index (χ3v) is 6.11. The van der Waals surface area contributed by atoms with E-state index in [9.17, 15) is 4.79 Å². The van der Waals surface area contributed by atoms with Crippen molar-refractivity contribution in [2.24, 2.45) is 0 Å². The Hall–Kier alpha value is -2.37. The number of hydrogen-bond acceptors (Lipinski definition) is 5. The number of rotatable bonds is 5. The molecule has 5 nitrogen and oxygen atoms in total. The zero-order chi connectivity index (χ0) is 18.4. The van der Waals surface area contributed by atoms with Gasteiger partial charge in [-0.25, -0.2) is 4.79 Å². The summed E-state index contributed by atoms with van der Waals surface area (Å²) in [6, 6.07) is 19.8. The Balaban J connectivity index is 1.32. The van der Waals surface area contributed by atoms with Crippen molar-refractivity contribution in [3.8, 4) is 0 Å². The van der Waals surface area contributed by atoms with Crippen molar-refractivity contribution in [1.29, 1.82) is 0 Å². The maximum Gasteiger partial charge on any atom is 0.333 e. The molecule has 3 aliphatic heterocycles. The molecule has 0 saturated carbocycles. The van der Waals surface area contributed by atoms with Gasteiger partial charge in [0.15, 0.2) is 6.04 Å². The number of carbonyl (C=O) groups is 1. The molecule has 0 amide bonds. The molecule has 27 heavy (non-hydrogen) atoms. The number of ether oxygens (including phenoxy) is 2. The van der Waals surface area contributed by atoms with Crippen LogP contribution in [0.15, 0.2) is 60.7 Å². The van der Waals surface area contributed by atoms with Gasteiger partial charge in [0.25, 0.3) is 0 Å². The predicted octanol–water partition coefficient (Wildman–Crippen LogP) is 3.00. The Kier molecular flexibility index (Phi) is 4.14. The quantitative estimate of drug-likeness (QED) is 0.653. The maximum absolute atomic E-state index is 13.1. The Labute approximate surface area is 159 Å². The molecule has 0 aromatic heterocycles. The Morgan fingerprint density at radius 1 is 1.04 bits per heavy atom. The van der Waals surface area contributed by atoms with Crippen LogP contribution in [0, 0.1) is 0 Å². The van der Waals surface area contributed by atoms with E-state index in [1.165, 1.54) is 0 Å². The molecule has 2 aromatic rings. The minimum Gasteiger partial charge on any atom is -0.460 e. The fourth-order valence-corrected chi connectivity index (χ4v) is 4.65. The molecule has 5 rings (SSSR count). The molecule has 140 valence electrons. The summed E-state index contributed by atoms with van der Waals surface area (Å²) in [5.74, 6) is -0.214. The summed E-state index contributed by atoms with van der Waals surface area (Å²) in [5, 5.41) is 3.34. The summed E-state index contributed by atoms with van der Waals surface area (Å²) in [7, 11) is 2.16. The number of nitrogens with one attached hydrogen (secondary N) is 1. The number of nitrogens with zero attached hydrogens (tertiary/aromatic N) is 1. The summed E-state index contributed by atoms with van der Waals surface area (Å²) in [5.41, 5.74) is 1.81. The van der Waals surface area contributed by atoms with Crippen LogP contribution in [0.25, 0.3) is 0 Å². The van der Waals surface area contributed by atoms with Crippen LogP contribution >= 0.6 is 0 Å². The number of anilines is 1. The van der Waals surface area contributed by atoms with Gasteiger partial charge in [-0.2, -0.15) is 0 Å². The van der Waals surface area contributed by atoms with Crippen molar-refractivity contribution >= 4 is 11.7 Å². The minimum absolute atomic E-state index is 0.0381. The molecular formula is C22H24N2O3. The molecular weight excluding hydrogens is 340 g/mol. The molecule has 3 fully saturated rings. The Bertz CT molecular complexity index is 795. The highest BCUT2D eigenvalue weighted by Crippen LogP contribution is 2.48. The van der Waals surface area contributed by atoms with E-state index in [0.717, 1.165) is 24.1 Å². The van der Waals surface area contributed by atoms with Crippen molar-refractivity contribution in [2.75, 3.05) is 12.4 Å². The van der Waals surface area contributed by atoms with Crippen LogP contribution in [0.4, 0.5) is 5.69 Å². The number of morpholine rings is 1. The van der Waals surface area contributed by atoms with Crippen LogP contribution in [0.3, 0.4) is 0 Å². The van der Waals surface area contributed by atoms with Crippen LogP contribution < -0.4 is 5.32 Å². The monoisotopic (exact) mass is 364 g/mol. The number of epoxide rings is 1. The van der Waals surface area contributed by atoms with Gasteiger partial charge in [-0.05, 0) is 24.7 Å². The molecule has 5 atom stereocenters. The average Bonchev–Trinajstić information content (AvgIpc) is 3.46. The number of piperidine rings is 1. The molecule has 3 saturated heterocycles. The summed E-state index contributed by atoms with van der Waals surface area (Å²) >= 11 is 0. The highest BCUT2D eigenvalue weighted by molar-refractivity contribution is 5.81. The largest absolute Gasteiger partial charge is 0.460 e. The first-order valence-electron chi connectivity index (χ1n) is 9.65. The van der Waals surface area contributed by atoms with Crippen molar-refractivity contribution in [2.45, 2.75) is 49.3 Å². The average molecular weight is 364 g/mol. The predicted molar refractivity (Wildman–Crippen MR) is 102 cm³/mol. The number of fused-ring (bicyclic) bond motifs is 5. The smallest absolute Gasteiger partial charge is 0.333 e. The maximum atomic E-state index is 13.1. The van der Waals surface area contributed by atoms with E-state index >= 15 is 0 Å². The van der Waals surface area contributed by atoms with E-state index in [1.807, 2.05) is 60.7 Å². The highest BCUT2D eigenvalue weighted by Gasteiger charge is 2.62. The Morgan fingerprint density at radius 3 is 2.26 bits per heavy atom. The lowest BCUT2D eigenvalue weighted by Gasteiger charge is -2.38. The molecule has 2 bridgehead atoms. The van der Waals surface area contributed by atoms with Crippen LogP contribution in [-0.2, 0) is 14.3 Å². The van der Waals surface area contributed by atoms with Gasteiger partial charge >= 0.3 is 5.97 Å². The topological polar surface area (TPSA) is 54.1 Å². The minimum atomic E-state index is -0.517. The number of para-hydroxylation sites is 1. The van der Waals surface area contributed by atoms with Gasteiger partial charge in [0.05, 0.1) is 0 Å². The molecule has 1 N–H and O–H groups in total. The fraction of sp³-hybridized carbons (Fsp3) is 0.409. The first-order chi connectivity index (χ1) is 13.2. The van der Waals surface area contributed by atoms with Gasteiger partial charge in [0.1, 0.15) is 18.3 Å². The molecule has 5 heteroatoms. The second-order valence-electron chi connectivity index (χ2n) is 7.75. The fourth-order valence-electron chi connectivity index (χ4n) is 4.65. The number of likely N-dealkylation sites (N-methyl/N-ethyl adjacent to an activating group) is 1. The van der Waals surface area contributed by atoms with Crippen molar-refractivity contribution in [1.82, 2.24) is 4.90 Å². The zero-order valence-electron chi connectivity index (χ0n) is 15.3. The van der Waals surface area contributed by atoms with Gasteiger partial charge in [0.2, 0.25) is 0 Å². The van der Waals surface area contributed by atoms with E-state index < -0.39 is 6.04 Å². The van der Waals surface area contributed by atoms with E-state index in [0.29, 0.717) is 24.3 Å². The highest BCUT2D eigenvalue weighted by atomic mass is 16.6. The lowest BCUT2D eigenvalue weighted by molar-refractivity contribution is -0.154. The van der Waals surface area contributed by atoms with Gasteiger partial charge < -0.3 is 14.8 Å². The van der Waals surface area contributed by atoms with Crippen molar-refractivity contribution in [3.63, 3.8) is 0 Å². The normalized spacial score (nSPS) is 32.4. The van der Waals surface area contributed by atoms with E-state index in [2.05, 4.69) is 17.3 Å². The number of hydrogen-bond donors (Lipinski definition) is 1. The zero-order valence-corrected chi connectivity index (χ0v) is 15.3. The molecule has 5 unspecified atom stereocenters. The van der Waals surface area contributed by atoms with Gasteiger partial charge in [-0.15, -0.1) is 0 Å². The van der Waals surface area contributed by atoms with Crippen LogP contribution in [0.5, 0.6) is 0 Å². The van der Waals surface area contributed by atoms with E-state index in [1.54, 1.807) is 0 Å². The van der Waals surface area contributed by atoms with Crippen molar-refractivity contribution in [3.05, 3.63) is 66.2 Å². The number of esters is 1. The lowest BCUT2D eigenvalue weighted by Crippen LogP contribution is -2.48. The van der Waals surface area contributed by atoms with E-state index in [-0.39, 0.29) is 12.1 Å². The van der Waals surface area contributed by atoms with Crippen LogP contribution in [0.2, 0.25) is 0 Å². The third kappa shape index (κ3) is 3.11. The van der Waals surface area contributed by atoms with Crippen LogP contribution in [-0.4, -0.2) is 48.3 Å². The lowest BCUT2D eigenvalue weighted by atomic mass is 9.99. The second-order valence-corrected chi connectivity index (χ2v) is 7.75. The van der Waals surface area contributed by atoms with Crippen LogP contribution in [0.1, 0.15) is 24.4 Å². The first kappa shape index (κ1) is 16.8. The molecule has 0 spiro atoms. The third-order valence-electron chi connectivity index (χ3n) is 6.11. The molecule has 3 heterocycles. The number of benzene rings is 2. The molecule has 0 aliphatic carbocycles. The summed E-state index contributed by atoms with van der Waals surface area (Å²) in [6.45, 7) is 0. The van der Waals surface area contributed by atoms with Crippen molar-refractivity contribution < 1.29 is 14.3 Å². The first-order valence-corrected chi connectivity index (χ1v) is 9.65. The molecule has 2 aromatic carbocycles. The Morgan fingerprint density at radius 2 is 1.63 bits per heavy atom. The molecule has 0 radical (unpaired) electrons. The summed E-state index contributed by atoms with van der Waals surface area (Å²) < 4.78 is 11.7. The summed E-state index contributed by atoms with van der Waals surface area (Å²) in [6.07, 6.45) is 2.36. The standard InChI is InChI=1S/C22H24N2O3/c1-24-17-12-16(13-18(24)21-20(17)27-21)26-22(25)19(14-8-4-2-5-9-14)23-15-10-6-3-7-11-15/h2-11,16-21,23H,12-13H2,1H3. The second kappa shape index (κ2) is 6.66. The SMILES string of the molecule is CN1C2CC(OC(=O)C(Nc3ccccc3)c3ccccc3)CC1C1OC12. The van der Waals surface area contributed by atoms with Gasteiger partial charge in [-0.3, -0.25) is 4.90 Å². The number of carbonyl (C=O) groups excluding carboxylic acids is 1. The van der Waals surface area contributed by atoms with Gasteiger partial charge in [-0.1, -0.05) is 48.5 Å². The van der Waals surface area contributed by atoms with Gasteiger partial charge in [0, 0.05) is 30.6 Å².